The van der Waals surface area contributed by atoms with Crippen LogP contribution in [0.5, 0.6) is 5.75 Å². The van der Waals surface area contributed by atoms with Crippen molar-refractivity contribution in [3.8, 4) is 5.75 Å². The van der Waals surface area contributed by atoms with Crippen molar-refractivity contribution in [1.29, 1.82) is 0 Å². The van der Waals surface area contributed by atoms with Gasteiger partial charge in [-0.2, -0.15) is 0 Å². The first-order chi connectivity index (χ1) is 10.1. The van der Waals surface area contributed by atoms with Crippen molar-refractivity contribution in [1.82, 2.24) is 5.32 Å². The Kier molecular flexibility index (Phi) is 3.33. The third-order valence-electron chi connectivity index (χ3n) is 3.74. The first-order valence-corrected chi connectivity index (χ1v) is 6.63. The van der Waals surface area contributed by atoms with Gasteiger partial charge >= 0.3 is 0 Å². The molecule has 0 aliphatic heterocycles. The van der Waals surface area contributed by atoms with Crippen molar-refractivity contribution in [3.05, 3.63) is 64.7 Å². The van der Waals surface area contributed by atoms with Crippen LogP contribution >= 0.6 is 0 Å². The summed E-state index contributed by atoms with van der Waals surface area (Å²) in [5.41, 5.74) is 0.989. The van der Waals surface area contributed by atoms with Gasteiger partial charge in [-0.15, -0.1) is 0 Å². The molecule has 108 valence electrons. The molecule has 5 heteroatoms. The molecule has 1 aliphatic carbocycles. The highest BCUT2D eigenvalue weighted by atomic mass is 19.1. The van der Waals surface area contributed by atoms with Crippen LogP contribution in [0.3, 0.4) is 0 Å². The molecule has 3 rings (SSSR count). The van der Waals surface area contributed by atoms with Crippen molar-refractivity contribution >= 4 is 5.91 Å². The highest BCUT2D eigenvalue weighted by molar-refractivity contribution is 5.95. The normalized spacial score (nSPS) is 16.6. The topological polar surface area (TPSA) is 49.3 Å². The van der Waals surface area contributed by atoms with E-state index >= 15 is 0 Å². The smallest absolute Gasteiger partial charge is 0.257 e. The molecule has 0 saturated carbocycles. The second kappa shape index (κ2) is 5.16. The molecule has 0 saturated heterocycles. The molecule has 1 atom stereocenters. The highest BCUT2D eigenvalue weighted by Crippen LogP contribution is 2.36. The minimum Gasteiger partial charge on any atom is -0.508 e. The van der Waals surface area contributed by atoms with E-state index in [9.17, 15) is 18.7 Å². The average molecular weight is 289 g/mol. The number of hydrogen-bond donors (Lipinski definition) is 2. The van der Waals surface area contributed by atoms with Gasteiger partial charge in [-0.05, 0) is 42.2 Å². The summed E-state index contributed by atoms with van der Waals surface area (Å²) in [5, 5.41) is 12.4. The van der Waals surface area contributed by atoms with Crippen molar-refractivity contribution < 1.29 is 18.7 Å². The van der Waals surface area contributed by atoms with Crippen molar-refractivity contribution in [2.24, 2.45) is 0 Å². The summed E-state index contributed by atoms with van der Waals surface area (Å²) < 4.78 is 27.2. The van der Waals surface area contributed by atoms with Crippen LogP contribution in [0.1, 0.15) is 33.9 Å². The van der Waals surface area contributed by atoms with Crippen LogP contribution < -0.4 is 5.32 Å². The largest absolute Gasteiger partial charge is 0.508 e. The fourth-order valence-corrected chi connectivity index (χ4v) is 2.73. The van der Waals surface area contributed by atoms with E-state index < -0.39 is 23.1 Å². The van der Waals surface area contributed by atoms with Crippen LogP contribution in [0.4, 0.5) is 8.78 Å². The minimum atomic E-state index is -0.887. The first kappa shape index (κ1) is 13.5. The lowest BCUT2D eigenvalue weighted by molar-refractivity contribution is 0.0928. The van der Waals surface area contributed by atoms with Crippen molar-refractivity contribution in [3.63, 3.8) is 0 Å². The number of nitrogens with one attached hydrogen (secondary N) is 1. The Hall–Kier alpha value is -2.43. The molecule has 1 aliphatic rings. The maximum absolute atomic E-state index is 13.6. The van der Waals surface area contributed by atoms with Crippen LogP contribution in [-0.2, 0) is 6.42 Å². The van der Waals surface area contributed by atoms with E-state index in [-0.39, 0.29) is 11.8 Å². The third kappa shape index (κ3) is 2.35. The number of rotatable bonds is 2. The molecule has 0 fully saturated rings. The zero-order valence-corrected chi connectivity index (χ0v) is 11.1. The second-order valence-corrected chi connectivity index (χ2v) is 5.01. The number of phenols is 1. The maximum atomic E-state index is 13.6. The van der Waals surface area contributed by atoms with Gasteiger partial charge in [0.2, 0.25) is 0 Å². The van der Waals surface area contributed by atoms with E-state index in [0.29, 0.717) is 12.8 Å². The van der Waals surface area contributed by atoms with Gasteiger partial charge in [0.1, 0.15) is 22.9 Å². The van der Waals surface area contributed by atoms with Gasteiger partial charge in [0.25, 0.3) is 5.91 Å². The predicted molar refractivity (Wildman–Crippen MR) is 73.0 cm³/mol. The summed E-state index contributed by atoms with van der Waals surface area (Å²) in [6.07, 6.45) is 1.21. The van der Waals surface area contributed by atoms with Crippen LogP contribution in [-0.4, -0.2) is 11.0 Å². The monoisotopic (exact) mass is 289 g/mol. The van der Waals surface area contributed by atoms with E-state index in [1.165, 1.54) is 6.07 Å². The van der Waals surface area contributed by atoms with Crippen molar-refractivity contribution in [2.75, 3.05) is 0 Å². The summed E-state index contributed by atoms with van der Waals surface area (Å²) in [4.78, 5) is 12.1. The number of halogens is 2. The SMILES string of the molecule is O=C(N[C@H]1CCc2c(O)cccc21)c1c(F)cccc1F. The van der Waals surface area contributed by atoms with E-state index in [4.69, 9.17) is 0 Å². The molecule has 21 heavy (non-hydrogen) atoms. The van der Waals surface area contributed by atoms with Gasteiger partial charge in [0.15, 0.2) is 0 Å². The molecule has 2 aromatic carbocycles. The summed E-state index contributed by atoms with van der Waals surface area (Å²) in [6.45, 7) is 0. The molecule has 0 aromatic heterocycles. The lowest BCUT2D eigenvalue weighted by Gasteiger charge is -2.15. The lowest BCUT2D eigenvalue weighted by Crippen LogP contribution is -2.28. The average Bonchev–Trinajstić information content (AvgIpc) is 2.83. The second-order valence-electron chi connectivity index (χ2n) is 5.01. The Bertz CT molecular complexity index is 695. The molecule has 0 unspecified atom stereocenters. The Balaban J connectivity index is 1.87. The first-order valence-electron chi connectivity index (χ1n) is 6.63. The van der Waals surface area contributed by atoms with Crippen molar-refractivity contribution in [2.45, 2.75) is 18.9 Å². The molecule has 2 N–H and O–H groups in total. The number of carbonyl (C=O) groups excluding carboxylic acids is 1. The number of aromatic hydroxyl groups is 1. The molecule has 0 radical (unpaired) electrons. The summed E-state index contributed by atoms with van der Waals surface area (Å²) in [7, 11) is 0. The molecule has 2 aromatic rings. The van der Waals surface area contributed by atoms with Gasteiger partial charge in [-0.1, -0.05) is 18.2 Å². The standard InChI is InChI=1S/C16H13F2NO2/c17-11-4-2-5-12(18)15(11)16(21)19-13-8-7-10-9(13)3-1-6-14(10)20/h1-6,13,20H,7-8H2,(H,19,21)/t13-/m0/s1. The number of carbonyl (C=O) groups is 1. The molecule has 3 nitrogen and oxygen atoms in total. The zero-order valence-electron chi connectivity index (χ0n) is 11.1. The number of phenolic OH excluding ortho intramolecular Hbond substituents is 1. The number of amides is 1. The summed E-state index contributed by atoms with van der Waals surface area (Å²) in [5.74, 6) is -2.38. The van der Waals surface area contributed by atoms with Gasteiger partial charge in [-0.25, -0.2) is 8.78 Å². The molecule has 0 bridgehead atoms. The van der Waals surface area contributed by atoms with Crippen LogP contribution in [0.15, 0.2) is 36.4 Å². The molecular weight excluding hydrogens is 276 g/mol. The Morgan fingerprint density at radius 1 is 1.14 bits per heavy atom. The van der Waals surface area contributed by atoms with Gasteiger partial charge in [0, 0.05) is 0 Å². The van der Waals surface area contributed by atoms with Crippen LogP contribution in [0, 0.1) is 11.6 Å². The highest BCUT2D eigenvalue weighted by Gasteiger charge is 2.27. The van der Waals surface area contributed by atoms with Gasteiger partial charge in [0.05, 0.1) is 6.04 Å². The molecule has 0 spiro atoms. The molecular formula is C16H13F2NO2. The van der Waals surface area contributed by atoms with E-state index in [0.717, 1.165) is 23.3 Å². The number of fused-ring (bicyclic) bond motifs is 1. The minimum absolute atomic E-state index is 0.182. The van der Waals surface area contributed by atoms with E-state index in [1.807, 2.05) is 0 Å². The van der Waals surface area contributed by atoms with E-state index in [1.54, 1.807) is 18.2 Å². The maximum Gasteiger partial charge on any atom is 0.257 e. The van der Waals surface area contributed by atoms with Crippen LogP contribution in [0.25, 0.3) is 0 Å². The van der Waals surface area contributed by atoms with E-state index in [2.05, 4.69) is 5.32 Å². The molecule has 0 heterocycles. The van der Waals surface area contributed by atoms with Gasteiger partial charge in [-0.3, -0.25) is 4.79 Å². The Labute approximate surface area is 120 Å². The Morgan fingerprint density at radius 2 is 1.81 bits per heavy atom. The summed E-state index contributed by atoms with van der Waals surface area (Å²) >= 11 is 0. The number of hydrogen-bond acceptors (Lipinski definition) is 2. The number of benzene rings is 2. The van der Waals surface area contributed by atoms with Gasteiger partial charge < -0.3 is 10.4 Å². The lowest BCUT2D eigenvalue weighted by atomic mass is 10.1. The van der Waals surface area contributed by atoms with Crippen LogP contribution in [0.2, 0.25) is 0 Å². The third-order valence-corrected chi connectivity index (χ3v) is 3.74. The summed E-state index contributed by atoms with van der Waals surface area (Å²) in [6, 6.07) is 8.02. The quantitative estimate of drug-likeness (QED) is 0.892. The fraction of sp³-hybridized carbons (Fsp3) is 0.188. The zero-order chi connectivity index (χ0) is 15.0. The molecule has 1 amide bonds. The Morgan fingerprint density at radius 3 is 2.52 bits per heavy atom. The fourth-order valence-electron chi connectivity index (χ4n) is 2.73. The predicted octanol–water partition coefficient (Wildman–Crippen LogP) is 3.09.